The summed E-state index contributed by atoms with van der Waals surface area (Å²) in [6.07, 6.45) is -0.124. The number of Topliss-reactive ketones (excluding diaryl/α,β-unsaturated/α-hetero) is 2. The predicted octanol–water partition coefficient (Wildman–Crippen LogP) is 1.98. The van der Waals surface area contributed by atoms with Crippen LogP contribution in [0.5, 0.6) is 0 Å². The van der Waals surface area contributed by atoms with Gasteiger partial charge in [0.1, 0.15) is 0 Å². The lowest BCUT2D eigenvalue weighted by atomic mass is 9.87. The van der Waals surface area contributed by atoms with Gasteiger partial charge in [-0.05, 0) is 5.56 Å². The van der Waals surface area contributed by atoms with Crippen LogP contribution in [0.4, 0.5) is 0 Å². The minimum atomic E-state index is -0.907. The Morgan fingerprint density at radius 2 is 1.83 bits per heavy atom. The summed E-state index contributed by atoms with van der Waals surface area (Å²) in [4.78, 5) is 32.9. The molecule has 0 N–H and O–H groups in total. The molecule has 1 aromatic carbocycles. The van der Waals surface area contributed by atoms with Gasteiger partial charge >= 0.3 is 0 Å². The molecule has 0 amide bonds. The average Bonchev–Trinajstić information content (AvgIpc) is 2.35. The molecular weight excluding hydrogens is 234 g/mol. The largest absolute Gasteiger partial charge is 0.291 e. The van der Waals surface area contributed by atoms with E-state index in [1.54, 1.807) is 30.3 Å². The lowest BCUT2D eigenvalue weighted by molar-refractivity contribution is -0.522. The molecule has 0 aromatic heterocycles. The van der Waals surface area contributed by atoms with Crippen molar-refractivity contribution in [3.8, 4) is 0 Å². The highest BCUT2D eigenvalue weighted by atomic mass is 16.6. The molecule has 0 heterocycles. The number of rotatable bonds is 6. The molecule has 5 nitrogen and oxygen atoms in total. The van der Waals surface area contributed by atoms with E-state index >= 15 is 0 Å². The fourth-order valence-electron chi connectivity index (χ4n) is 1.76. The Labute approximate surface area is 105 Å². The van der Waals surface area contributed by atoms with Crippen molar-refractivity contribution in [1.82, 2.24) is 0 Å². The maximum atomic E-state index is 11.5. The zero-order valence-electron chi connectivity index (χ0n) is 10.3. The predicted molar refractivity (Wildman–Crippen MR) is 65.9 cm³/mol. The van der Waals surface area contributed by atoms with E-state index in [4.69, 9.17) is 0 Å². The highest BCUT2D eigenvalue weighted by Gasteiger charge is 2.31. The third kappa shape index (κ3) is 3.48. The molecule has 96 valence electrons. The van der Waals surface area contributed by atoms with Crippen molar-refractivity contribution in [2.24, 2.45) is 0 Å². The van der Waals surface area contributed by atoms with Crippen LogP contribution in [0.1, 0.15) is 31.7 Å². The van der Waals surface area contributed by atoms with E-state index in [0.29, 0.717) is 5.56 Å². The summed E-state index contributed by atoms with van der Waals surface area (Å²) in [6.45, 7) is 2.63. The first-order chi connectivity index (χ1) is 8.43. The molecule has 0 saturated carbocycles. The Bertz CT molecular complexity index is 455. The number of carbonyl (C=O) groups excluding carboxylic acids is 2. The van der Waals surface area contributed by atoms with Gasteiger partial charge in [0.15, 0.2) is 11.6 Å². The summed E-state index contributed by atoms with van der Waals surface area (Å²) >= 11 is 0. The van der Waals surface area contributed by atoms with Crippen LogP contribution in [0.2, 0.25) is 0 Å². The molecule has 5 heteroatoms. The van der Waals surface area contributed by atoms with Crippen LogP contribution in [0.3, 0.4) is 0 Å². The van der Waals surface area contributed by atoms with Crippen molar-refractivity contribution in [1.29, 1.82) is 0 Å². The number of carbonyl (C=O) groups is 2. The van der Waals surface area contributed by atoms with Crippen LogP contribution >= 0.6 is 0 Å². The van der Waals surface area contributed by atoms with E-state index in [2.05, 4.69) is 0 Å². The van der Waals surface area contributed by atoms with E-state index in [9.17, 15) is 19.7 Å². The third-order valence-electron chi connectivity index (χ3n) is 2.94. The SMILES string of the molecule is CC(=O)C(=O)C[C@H](c1ccccc1)[C@H](C)[N+](=O)[O-]. The van der Waals surface area contributed by atoms with Crippen LogP contribution in [-0.4, -0.2) is 22.5 Å². The van der Waals surface area contributed by atoms with Gasteiger partial charge in [-0.25, -0.2) is 0 Å². The molecule has 1 rings (SSSR count). The van der Waals surface area contributed by atoms with Crippen molar-refractivity contribution < 1.29 is 14.5 Å². The summed E-state index contributed by atoms with van der Waals surface area (Å²) in [5, 5.41) is 10.9. The van der Waals surface area contributed by atoms with E-state index in [0.717, 1.165) is 0 Å². The highest BCUT2D eigenvalue weighted by molar-refractivity contribution is 6.36. The van der Waals surface area contributed by atoms with E-state index in [1.165, 1.54) is 13.8 Å². The van der Waals surface area contributed by atoms with Crippen molar-refractivity contribution in [2.75, 3.05) is 0 Å². The second kappa shape index (κ2) is 6.05. The van der Waals surface area contributed by atoms with Crippen molar-refractivity contribution in [3.05, 3.63) is 46.0 Å². The van der Waals surface area contributed by atoms with Gasteiger partial charge in [-0.1, -0.05) is 30.3 Å². The molecule has 1 aromatic rings. The Kier molecular flexibility index (Phi) is 4.71. The Morgan fingerprint density at radius 1 is 1.28 bits per heavy atom. The summed E-state index contributed by atoms with van der Waals surface area (Å²) in [7, 11) is 0. The topological polar surface area (TPSA) is 77.3 Å². The molecule has 0 aliphatic heterocycles. The van der Waals surface area contributed by atoms with Gasteiger partial charge in [0.05, 0.1) is 5.92 Å². The lowest BCUT2D eigenvalue weighted by Crippen LogP contribution is -2.27. The van der Waals surface area contributed by atoms with Crippen LogP contribution in [0, 0.1) is 10.1 Å². The first-order valence-corrected chi connectivity index (χ1v) is 5.65. The zero-order valence-corrected chi connectivity index (χ0v) is 10.3. The standard InChI is InChI=1S/C13H15NO4/c1-9(14(17)18)12(8-13(16)10(2)15)11-6-4-3-5-7-11/h3-7,9,12H,8H2,1-2H3/t9-,12-/m0/s1. The summed E-state index contributed by atoms with van der Waals surface area (Å²) < 4.78 is 0. The first-order valence-electron chi connectivity index (χ1n) is 5.65. The second-order valence-electron chi connectivity index (χ2n) is 4.23. The number of nitro groups is 1. The minimum absolute atomic E-state index is 0.124. The second-order valence-corrected chi connectivity index (χ2v) is 4.23. The van der Waals surface area contributed by atoms with Gasteiger partial charge in [-0.15, -0.1) is 0 Å². The van der Waals surface area contributed by atoms with E-state index in [1.807, 2.05) is 0 Å². The molecular formula is C13H15NO4. The van der Waals surface area contributed by atoms with Gasteiger partial charge in [0, 0.05) is 25.2 Å². The maximum absolute atomic E-state index is 11.5. The first kappa shape index (κ1) is 14.0. The Balaban J connectivity index is 3.00. The number of nitrogens with zero attached hydrogens (tertiary/aromatic N) is 1. The van der Waals surface area contributed by atoms with Crippen molar-refractivity contribution in [3.63, 3.8) is 0 Å². The van der Waals surface area contributed by atoms with E-state index < -0.39 is 28.4 Å². The normalized spacial score (nSPS) is 13.7. The minimum Gasteiger partial charge on any atom is -0.291 e. The van der Waals surface area contributed by atoms with Crippen LogP contribution < -0.4 is 0 Å². The van der Waals surface area contributed by atoms with Crippen LogP contribution in [0.15, 0.2) is 30.3 Å². The Hall–Kier alpha value is -2.04. The highest BCUT2D eigenvalue weighted by Crippen LogP contribution is 2.25. The van der Waals surface area contributed by atoms with Crippen LogP contribution in [-0.2, 0) is 9.59 Å². The summed E-state index contributed by atoms with van der Waals surface area (Å²) in [5.74, 6) is -1.71. The third-order valence-corrected chi connectivity index (χ3v) is 2.94. The summed E-state index contributed by atoms with van der Waals surface area (Å²) in [6, 6.07) is 7.87. The molecule has 0 aliphatic carbocycles. The zero-order chi connectivity index (χ0) is 13.7. The van der Waals surface area contributed by atoms with Gasteiger partial charge in [0.2, 0.25) is 6.04 Å². The van der Waals surface area contributed by atoms with Gasteiger partial charge in [-0.3, -0.25) is 19.7 Å². The Morgan fingerprint density at radius 3 is 2.28 bits per heavy atom. The molecule has 0 bridgehead atoms. The smallest absolute Gasteiger partial charge is 0.217 e. The molecule has 0 radical (unpaired) electrons. The fourth-order valence-corrected chi connectivity index (χ4v) is 1.76. The fraction of sp³-hybridized carbons (Fsp3) is 0.385. The van der Waals surface area contributed by atoms with Gasteiger partial charge < -0.3 is 0 Å². The molecule has 0 aliphatic rings. The average molecular weight is 249 g/mol. The monoisotopic (exact) mass is 249 g/mol. The molecule has 0 unspecified atom stereocenters. The van der Waals surface area contributed by atoms with Gasteiger partial charge in [-0.2, -0.15) is 0 Å². The molecule has 2 atom stereocenters. The maximum Gasteiger partial charge on any atom is 0.217 e. The molecule has 18 heavy (non-hydrogen) atoms. The quantitative estimate of drug-likeness (QED) is 0.439. The summed E-state index contributed by atoms with van der Waals surface area (Å²) in [5.41, 5.74) is 0.705. The number of ketones is 2. The molecule has 0 saturated heterocycles. The van der Waals surface area contributed by atoms with Crippen molar-refractivity contribution >= 4 is 11.6 Å². The van der Waals surface area contributed by atoms with Crippen molar-refractivity contribution in [2.45, 2.75) is 32.2 Å². The van der Waals surface area contributed by atoms with Crippen LogP contribution in [0.25, 0.3) is 0 Å². The van der Waals surface area contributed by atoms with Gasteiger partial charge in [0.25, 0.3) is 0 Å². The number of hydrogen-bond acceptors (Lipinski definition) is 4. The molecule has 0 fully saturated rings. The van der Waals surface area contributed by atoms with E-state index in [-0.39, 0.29) is 6.42 Å². The number of hydrogen-bond donors (Lipinski definition) is 0. The lowest BCUT2D eigenvalue weighted by Gasteiger charge is -2.17. The number of benzene rings is 1. The molecule has 0 spiro atoms.